The topological polar surface area (TPSA) is 90.4 Å². The van der Waals surface area contributed by atoms with Crippen molar-refractivity contribution in [2.45, 2.75) is 6.92 Å². The predicted octanol–water partition coefficient (Wildman–Crippen LogP) is 2.16. The van der Waals surface area contributed by atoms with Gasteiger partial charge in [0.05, 0.1) is 11.0 Å². The smallest absolute Gasteiger partial charge is 0.326 e. The highest BCUT2D eigenvalue weighted by atomic mass is 16.2. The molecule has 0 saturated carbocycles. The Morgan fingerprint density at radius 1 is 1.00 bits per heavy atom. The first-order valence-corrected chi connectivity index (χ1v) is 9.53. The summed E-state index contributed by atoms with van der Waals surface area (Å²) in [5, 5.41) is 2.90. The van der Waals surface area contributed by atoms with Crippen LogP contribution in [-0.4, -0.2) is 57.5 Å². The lowest BCUT2D eigenvalue weighted by Crippen LogP contribution is -2.51. The quantitative estimate of drug-likeness (QED) is 0.699. The lowest BCUT2D eigenvalue weighted by molar-refractivity contribution is 0.0672. The number of carbonyl (C=O) groups is 2. The van der Waals surface area contributed by atoms with E-state index in [4.69, 9.17) is 0 Å². The van der Waals surface area contributed by atoms with Gasteiger partial charge in [-0.2, -0.15) is 0 Å². The van der Waals surface area contributed by atoms with Crippen LogP contribution in [0.5, 0.6) is 0 Å². The Bertz CT molecular complexity index is 1140. The molecule has 0 radical (unpaired) electrons. The molecule has 3 amide bonds. The third-order valence-corrected chi connectivity index (χ3v) is 5.27. The summed E-state index contributed by atoms with van der Waals surface area (Å²) in [6.07, 6.45) is 0. The normalized spacial score (nSPS) is 14.3. The molecule has 2 N–H and O–H groups in total. The third kappa shape index (κ3) is 3.73. The molecule has 8 heteroatoms. The number of aromatic amines is 1. The van der Waals surface area contributed by atoms with E-state index in [-0.39, 0.29) is 17.6 Å². The van der Waals surface area contributed by atoms with E-state index in [1.165, 1.54) is 4.57 Å². The van der Waals surface area contributed by atoms with Gasteiger partial charge in [0.25, 0.3) is 5.91 Å². The Morgan fingerprint density at radius 3 is 2.45 bits per heavy atom. The van der Waals surface area contributed by atoms with Crippen LogP contribution >= 0.6 is 0 Å². The number of H-pyrrole nitrogens is 1. The molecule has 29 heavy (non-hydrogen) atoms. The van der Waals surface area contributed by atoms with Crippen molar-refractivity contribution in [3.05, 3.63) is 64.1 Å². The molecular formula is C21H23N5O3. The molecule has 0 spiro atoms. The summed E-state index contributed by atoms with van der Waals surface area (Å²) in [6.45, 7) is 3.83. The molecule has 0 bridgehead atoms. The van der Waals surface area contributed by atoms with Gasteiger partial charge in [-0.1, -0.05) is 12.1 Å². The summed E-state index contributed by atoms with van der Waals surface area (Å²) in [4.78, 5) is 43.3. The van der Waals surface area contributed by atoms with Gasteiger partial charge in [-0.3, -0.25) is 9.36 Å². The number of anilines is 1. The number of aryl methyl sites for hydroxylation is 2. The maximum atomic E-state index is 12.8. The van der Waals surface area contributed by atoms with Crippen LogP contribution in [0.1, 0.15) is 15.9 Å². The van der Waals surface area contributed by atoms with Crippen LogP contribution in [0.15, 0.2) is 47.3 Å². The van der Waals surface area contributed by atoms with E-state index in [2.05, 4.69) is 10.3 Å². The van der Waals surface area contributed by atoms with Gasteiger partial charge in [0.1, 0.15) is 0 Å². The van der Waals surface area contributed by atoms with Crippen LogP contribution in [0.25, 0.3) is 11.0 Å². The minimum Gasteiger partial charge on any atom is -0.335 e. The SMILES string of the molecule is Cc1cccc(NC(=O)N2CCN(C(=O)c3ccc4c(c3)[nH]c(=O)n4C)CC2)c1. The van der Waals surface area contributed by atoms with Gasteiger partial charge in [0.2, 0.25) is 0 Å². The van der Waals surface area contributed by atoms with Gasteiger partial charge < -0.3 is 20.1 Å². The number of imidazole rings is 1. The fourth-order valence-electron chi connectivity index (χ4n) is 3.59. The predicted molar refractivity (Wildman–Crippen MR) is 111 cm³/mol. The molecule has 1 aliphatic heterocycles. The molecular weight excluding hydrogens is 370 g/mol. The Labute approximate surface area is 167 Å². The molecule has 3 aromatic rings. The Hall–Kier alpha value is -3.55. The summed E-state index contributed by atoms with van der Waals surface area (Å²) in [5.41, 5.74) is 3.55. The first-order valence-electron chi connectivity index (χ1n) is 9.53. The number of piperazine rings is 1. The number of rotatable bonds is 2. The van der Waals surface area contributed by atoms with E-state index >= 15 is 0 Å². The van der Waals surface area contributed by atoms with E-state index in [0.717, 1.165) is 16.8 Å². The highest BCUT2D eigenvalue weighted by Crippen LogP contribution is 2.16. The number of hydrogen-bond acceptors (Lipinski definition) is 3. The molecule has 1 fully saturated rings. The maximum Gasteiger partial charge on any atom is 0.326 e. The van der Waals surface area contributed by atoms with Crippen LogP contribution in [0.4, 0.5) is 10.5 Å². The van der Waals surface area contributed by atoms with E-state index in [1.807, 2.05) is 31.2 Å². The zero-order valence-corrected chi connectivity index (χ0v) is 16.4. The average Bonchev–Trinajstić information content (AvgIpc) is 3.00. The first kappa shape index (κ1) is 18.8. The van der Waals surface area contributed by atoms with Gasteiger partial charge in [0.15, 0.2) is 0 Å². The van der Waals surface area contributed by atoms with Crippen molar-refractivity contribution in [3.8, 4) is 0 Å². The van der Waals surface area contributed by atoms with Crippen molar-refractivity contribution < 1.29 is 9.59 Å². The van der Waals surface area contributed by atoms with Gasteiger partial charge >= 0.3 is 11.7 Å². The summed E-state index contributed by atoms with van der Waals surface area (Å²) in [7, 11) is 1.68. The molecule has 8 nitrogen and oxygen atoms in total. The highest BCUT2D eigenvalue weighted by molar-refractivity contribution is 5.97. The molecule has 2 aromatic carbocycles. The zero-order valence-electron chi connectivity index (χ0n) is 16.4. The third-order valence-electron chi connectivity index (χ3n) is 5.27. The van der Waals surface area contributed by atoms with Crippen molar-refractivity contribution in [3.63, 3.8) is 0 Å². The largest absolute Gasteiger partial charge is 0.335 e. The van der Waals surface area contributed by atoms with E-state index in [0.29, 0.717) is 37.3 Å². The fraction of sp³-hybridized carbons (Fsp3) is 0.286. The molecule has 0 unspecified atom stereocenters. The number of hydrogen-bond donors (Lipinski definition) is 2. The number of benzene rings is 2. The Balaban J connectivity index is 1.39. The molecule has 4 rings (SSSR count). The Morgan fingerprint density at radius 2 is 1.72 bits per heavy atom. The Kier molecular flexibility index (Phi) is 4.84. The van der Waals surface area contributed by atoms with Crippen molar-refractivity contribution in [2.24, 2.45) is 7.05 Å². The monoisotopic (exact) mass is 393 g/mol. The summed E-state index contributed by atoms with van der Waals surface area (Å²) >= 11 is 0. The molecule has 2 heterocycles. The number of amides is 3. The summed E-state index contributed by atoms with van der Waals surface area (Å²) in [5.74, 6) is -0.102. The highest BCUT2D eigenvalue weighted by Gasteiger charge is 2.25. The number of nitrogens with one attached hydrogen (secondary N) is 2. The van der Waals surface area contributed by atoms with Crippen LogP contribution in [0, 0.1) is 6.92 Å². The zero-order chi connectivity index (χ0) is 20.5. The molecule has 1 aromatic heterocycles. The van der Waals surface area contributed by atoms with Crippen molar-refractivity contribution >= 4 is 28.7 Å². The molecule has 150 valence electrons. The van der Waals surface area contributed by atoms with Gasteiger partial charge in [-0.15, -0.1) is 0 Å². The second kappa shape index (κ2) is 7.46. The van der Waals surface area contributed by atoms with Gasteiger partial charge in [-0.25, -0.2) is 9.59 Å². The standard InChI is InChI=1S/C21H23N5O3/c1-14-4-3-5-16(12-14)22-21(29)26-10-8-25(9-11-26)19(27)15-6-7-18-17(13-15)23-20(28)24(18)2/h3-7,12-13H,8-11H2,1-2H3,(H,22,29)(H,23,28). The van der Waals surface area contributed by atoms with Crippen molar-refractivity contribution in [1.82, 2.24) is 19.4 Å². The van der Waals surface area contributed by atoms with Gasteiger partial charge in [-0.05, 0) is 42.8 Å². The van der Waals surface area contributed by atoms with Crippen molar-refractivity contribution in [2.75, 3.05) is 31.5 Å². The molecule has 1 aliphatic rings. The maximum absolute atomic E-state index is 12.8. The molecule has 1 saturated heterocycles. The fourth-order valence-corrected chi connectivity index (χ4v) is 3.59. The lowest BCUT2D eigenvalue weighted by Gasteiger charge is -2.34. The average molecular weight is 393 g/mol. The number of carbonyl (C=O) groups excluding carboxylic acids is 2. The van der Waals surface area contributed by atoms with Gasteiger partial charge in [0, 0.05) is 44.5 Å². The van der Waals surface area contributed by atoms with Crippen LogP contribution in [0.3, 0.4) is 0 Å². The van der Waals surface area contributed by atoms with Crippen LogP contribution in [-0.2, 0) is 7.05 Å². The minimum atomic E-state index is -0.210. The minimum absolute atomic E-state index is 0.102. The van der Waals surface area contributed by atoms with Crippen molar-refractivity contribution in [1.29, 1.82) is 0 Å². The van der Waals surface area contributed by atoms with E-state index < -0.39 is 0 Å². The first-order chi connectivity index (χ1) is 13.9. The molecule has 0 atom stereocenters. The summed E-state index contributed by atoms with van der Waals surface area (Å²) in [6, 6.07) is 12.7. The number of fused-ring (bicyclic) bond motifs is 1. The second-order valence-electron chi connectivity index (χ2n) is 7.30. The number of nitrogens with zero attached hydrogens (tertiary/aromatic N) is 3. The number of aromatic nitrogens is 2. The van der Waals surface area contributed by atoms with E-state index in [1.54, 1.807) is 35.0 Å². The van der Waals surface area contributed by atoms with E-state index in [9.17, 15) is 14.4 Å². The molecule has 0 aliphatic carbocycles. The summed E-state index contributed by atoms with van der Waals surface area (Å²) < 4.78 is 1.51. The van der Waals surface area contributed by atoms with Crippen LogP contribution in [0.2, 0.25) is 0 Å². The lowest BCUT2D eigenvalue weighted by atomic mass is 10.1. The number of urea groups is 1. The van der Waals surface area contributed by atoms with Crippen LogP contribution < -0.4 is 11.0 Å². The second-order valence-corrected chi connectivity index (χ2v) is 7.30.